The summed E-state index contributed by atoms with van der Waals surface area (Å²) in [5, 5.41) is -0.858. The van der Waals surface area contributed by atoms with Gasteiger partial charge in [-0.05, 0) is 37.3 Å². The lowest BCUT2D eigenvalue weighted by Gasteiger charge is -2.14. The number of carbonyl (C=O) groups is 1. The number of aromatic nitrogens is 2. The largest absolute Gasteiger partial charge is 0.462 e. The number of esters is 1. The summed E-state index contributed by atoms with van der Waals surface area (Å²) in [5.41, 5.74) is -1.92. The van der Waals surface area contributed by atoms with E-state index >= 15 is 0 Å². The van der Waals surface area contributed by atoms with Crippen molar-refractivity contribution >= 4 is 27.8 Å². The van der Waals surface area contributed by atoms with Gasteiger partial charge in [-0.2, -0.15) is 0 Å². The topological polar surface area (TPSA) is 78.3 Å². The third kappa shape index (κ3) is 4.17. The molecular weight excluding hydrogens is 457 g/mol. The summed E-state index contributed by atoms with van der Waals surface area (Å²) >= 11 is 0. The van der Waals surface area contributed by atoms with Gasteiger partial charge in [-0.15, -0.1) is 0 Å². The van der Waals surface area contributed by atoms with Crippen LogP contribution >= 0.6 is 0 Å². The molecule has 0 amide bonds. The zero-order chi connectivity index (χ0) is 23.7. The van der Waals surface area contributed by atoms with E-state index in [1.165, 1.54) is 19.1 Å². The Hall–Kier alpha value is -3.79. The van der Waals surface area contributed by atoms with Gasteiger partial charge >= 0.3 is 5.97 Å². The van der Waals surface area contributed by atoms with Crippen LogP contribution in [0.3, 0.4) is 0 Å². The molecule has 2 heterocycles. The van der Waals surface area contributed by atoms with Gasteiger partial charge in [0, 0.05) is 17.2 Å². The van der Waals surface area contributed by atoms with E-state index in [9.17, 15) is 27.0 Å². The van der Waals surface area contributed by atoms with Gasteiger partial charge in [0.2, 0.25) is 5.43 Å². The first-order chi connectivity index (χ1) is 15.8. The average Bonchev–Trinajstić information content (AvgIpc) is 2.80. The maximum absolute atomic E-state index is 14.9. The SMILES string of the molecule is CCOC(=O)c1cn(-c2ccc(F)cc2F)c2nc(S(=O)c3ccccc3)c(F)cc2c1=O. The molecule has 168 valence electrons. The second-order valence-corrected chi connectivity index (χ2v) is 8.18. The first-order valence-corrected chi connectivity index (χ1v) is 10.8. The number of halogens is 3. The number of ether oxygens (including phenoxy) is 1. The van der Waals surface area contributed by atoms with E-state index in [-0.39, 0.29) is 28.2 Å². The third-order valence-corrected chi connectivity index (χ3v) is 6.03. The van der Waals surface area contributed by atoms with Crippen LogP contribution in [0, 0.1) is 17.5 Å². The Bertz CT molecular complexity index is 1470. The van der Waals surface area contributed by atoms with Crippen LogP contribution in [0.4, 0.5) is 13.2 Å². The molecule has 0 saturated heterocycles. The average molecular weight is 472 g/mol. The Morgan fingerprint density at radius 1 is 1.06 bits per heavy atom. The summed E-state index contributed by atoms with van der Waals surface area (Å²) in [6.07, 6.45) is 0.985. The monoisotopic (exact) mass is 472 g/mol. The van der Waals surface area contributed by atoms with Crippen LogP contribution in [0.2, 0.25) is 0 Å². The van der Waals surface area contributed by atoms with E-state index in [0.717, 1.165) is 29.0 Å². The molecule has 0 spiro atoms. The molecule has 0 N–H and O–H groups in total. The minimum absolute atomic E-state index is 0.0389. The Kier molecular flexibility index (Phi) is 6.10. The van der Waals surface area contributed by atoms with E-state index in [0.29, 0.717) is 6.07 Å². The minimum Gasteiger partial charge on any atom is -0.462 e. The van der Waals surface area contributed by atoms with Crippen molar-refractivity contribution in [2.24, 2.45) is 0 Å². The second-order valence-electron chi connectivity index (χ2n) is 6.79. The molecule has 6 nitrogen and oxygen atoms in total. The summed E-state index contributed by atoms with van der Waals surface area (Å²) in [6.45, 7) is 1.49. The van der Waals surface area contributed by atoms with Crippen LogP contribution in [-0.2, 0) is 15.5 Å². The molecule has 0 aliphatic rings. The molecule has 10 heteroatoms. The lowest BCUT2D eigenvalue weighted by atomic mass is 10.1. The highest BCUT2D eigenvalue weighted by molar-refractivity contribution is 7.85. The molecule has 0 fully saturated rings. The summed E-state index contributed by atoms with van der Waals surface area (Å²) in [6, 6.07) is 11.4. The number of benzene rings is 2. The first kappa shape index (κ1) is 22.4. The zero-order valence-corrected chi connectivity index (χ0v) is 17.9. The molecule has 33 heavy (non-hydrogen) atoms. The molecule has 0 aliphatic heterocycles. The zero-order valence-electron chi connectivity index (χ0n) is 17.1. The molecule has 1 atom stereocenters. The fraction of sp³-hybridized carbons (Fsp3) is 0.0870. The lowest BCUT2D eigenvalue weighted by molar-refractivity contribution is 0.0524. The van der Waals surface area contributed by atoms with E-state index < -0.39 is 50.2 Å². The maximum atomic E-state index is 14.9. The fourth-order valence-electron chi connectivity index (χ4n) is 3.21. The molecule has 0 aliphatic carbocycles. The quantitative estimate of drug-likeness (QED) is 0.408. The van der Waals surface area contributed by atoms with Crippen LogP contribution < -0.4 is 5.43 Å². The molecule has 0 bridgehead atoms. The van der Waals surface area contributed by atoms with Crippen molar-refractivity contribution in [3.63, 3.8) is 0 Å². The molecule has 4 rings (SSSR count). The minimum atomic E-state index is -2.06. The van der Waals surface area contributed by atoms with Crippen molar-refractivity contribution in [2.75, 3.05) is 6.61 Å². The number of pyridine rings is 2. The number of rotatable bonds is 5. The fourth-order valence-corrected chi connectivity index (χ4v) is 4.24. The normalized spacial score (nSPS) is 12.0. The van der Waals surface area contributed by atoms with Gasteiger partial charge in [0.05, 0.1) is 17.7 Å². The number of fused-ring (bicyclic) bond motifs is 1. The van der Waals surface area contributed by atoms with Crippen molar-refractivity contribution in [2.45, 2.75) is 16.8 Å². The standard InChI is InChI=1S/C23H15F3N2O4S/c1-2-32-23(30)16-12-28(19-9-8-13(24)10-17(19)25)21-15(20(16)29)11-18(26)22(27-21)33(31)14-6-4-3-5-7-14/h3-12H,2H2,1H3. The summed E-state index contributed by atoms with van der Waals surface area (Å²) in [5.74, 6) is -3.92. The molecule has 1 unspecified atom stereocenters. The van der Waals surface area contributed by atoms with E-state index in [1.807, 2.05) is 0 Å². The number of carbonyl (C=O) groups excluding carboxylic acids is 1. The van der Waals surface area contributed by atoms with Gasteiger partial charge in [0.1, 0.15) is 33.6 Å². The number of hydrogen-bond donors (Lipinski definition) is 0. The lowest BCUT2D eigenvalue weighted by Crippen LogP contribution is -2.22. The van der Waals surface area contributed by atoms with Gasteiger partial charge in [0.15, 0.2) is 10.8 Å². The highest BCUT2D eigenvalue weighted by Crippen LogP contribution is 2.24. The Morgan fingerprint density at radius 3 is 2.45 bits per heavy atom. The summed E-state index contributed by atoms with van der Waals surface area (Å²) in [4.78, 5) is 29.6. The molecule has 2 aromatic heterocycles. The first-order valence-electron chi connectivity index (χ1n) is 9.67. The molecular formula is C23H15F3N2O4S. The van der Waals surface area contributed by atoms with Crippen molar-refractivity contribution in [3.8, 4) is 5.69 Å². The van der Waals surface area contributed by atoms with Crippen LogP contribution in [0.5, 0.6) is 0 Å². The Labute approximate surface area is 187 Å². The Morgan fingerprint density at radius 2 is 1.79 bits per heavy atom. The van der Waals surface area contributed by atoms with Gasteiger partial charge < -0.3 is 4.74 Å². The van der Waals surface area contributed by atoms with E-state index in [1.54, 1.807) is 18.2 Å². The maximum Gasteiger partial charge on any atom is 0.343 e. The van der Waals surface area contributed by atoms with Gasteiger partial charge in [-0.25, -0.2) is 27.2 Å². The van der Waals surface area contributed by atoms with Gasteiger partial charge in [0.25, 0.3) is 0 Å². The predicted octanol–water partition coefficient (Wildman–Crippen LogP) is 4.15. The van der Waals surface area contributed by atoms with Crippen molar-refractivity contribution < 1.29 is 26.9 Å². The predicted molar refractivity (Wildman–Crippen MR) is 114 cm³/mol. The molecule has 0 saturated carbocycles. The smallest absolute Gasteiger partial charge is 0.343 e. The summed E-state index contributed by atoms with van der Waals surface area (Å²) in [7, 11) is -2.06. The highest BCUT2D eigenvalue weighted by atomic mass is 32.2. The molecule has 4 aromatic rings. The van der Waals surface area contributed by atoms with E-state index in [2.05, 4.69) is 4.98 Å². The second kappa shape index (κ2) is 8.99. The highest BCUT2D eigenvalue weighted by Gasteiger charge is 2.23. The van der Waals surface area contributed by atoms with Crippen molar-refractivity contribution in [1.82, 2.24) is 9.55 Å². The molecule has 0 radical (unpaired) electrons. The van der Waals surface area contributed by atoms with Crippen LogP contribution in [0.15, 0.2) is 75.5 Å². The Balaban J connectivity index is 2.05. The van der Waals surface area contributed by atoms with Crippen LogP contribution in [0.1, 0.15) is 17.3 Å². The van der Waals surface area contributed by atoms with Gasteiger partial charge in [-0.1, -0.05) is 18.2 Å². The number of nitrogens with zero attached hydrogens (tertiary/aromatic N) is 2. The van der Waals surface area contributed by atoms with Gasteiger partial charge in [-0.3, -0.25) is 9.36 Å². The summed E-state index contributed by atoms with van der Waals surface area (Å²) < 4.78 is 61.9. The van der Waals surface area contributed by atoms with Crippen LogP contribution in [-0.4, -0.2) is 26.3 Å². The molecule has 2 aromatic carbocycles. The number of hydrogen-bond acceptors (Lipinski definition) is 5. The van der Waals surface area contributed by atoms with Crippen LogP contribution in [0.25, 0.3) is 16.7 Å². The van der Waals surface area contributed by atoms with Crippen molar-refractivity contribution in [3.05, 3.63) is 94.0 Å². The third-order valence-electron chi connectivity index (χ3n) is 4.70. The van der Waals surface area contributed by atoms with E-state index in [4.69, 9.17) is 4.74 Å². The van der Waals surface area contributed by atoms with Crippen molar-refractivity contribution in [1.29, 1.82) is 0 Å².